The van der Waals surface area contributed by atoms with E-state index in [2.05, 4.69) is 27.9 Å². The van der Waals surface area contributed by atoms with Gasteiger partial charge in [0.25, 0.3) is 5.91 Å². The van der Waals surface area contributed by atoms with Crippen LogP contribution in [0, 0.1) is 6.92 Å². The molecule has 3 aromatic heterocycles. The number of rotatable bonds is 5. The van der Waals surface area contributed by atoms with E-state index in [1.807, 2.05) is 35.4 Å². The molecule has 0 radical (unpaired) electrons. The molecule has 0 unspecified atom stereocenters. The average Bonchev–Trinajstić information content (AvgIpc) is 2.88. The Hall–Kier alpha value is -3.35. The van der Waals surface area contributed by atoms with Crippen LogP contribution in [0.4, 0.5) is 5.82 Å². The van der Waals surface area contributed by atoms with Crippen molar-refractivity contribution >= 4 is 11.7 Å². The molecular weight excluding hydrogens is 412 g/mol. The Labute approximate surface area is 194 Å². The van der Waals surface area contributed by atoms with Gasteiger partial charge in [-0.25, -0.2) is 9.97 Å². The fourth-order valence-electron chi connectivity index (χ4n) is 4.93. The summed E-state index contributed by atoms with van der Waals surface area (Å²) >= 11 is 0. The van der Waals surface area contributed by atoms with E-state index in [-0.39, 0.29) is 11.8 Å². The molecule has 3 aromatic rings. The van der Waals surface area contributed by atoms with Crippen molar-refractivity contribution in [3.63, 3.8) is 0 Å². The predicted octanol–water partition coefficient (Wildman–Crippen LogP) is 3.59. The molecule has 0 aromatic carbocycles. The zero-order valence-electron chi connectivity index (χ0n) is 19.2. The molecule has 1 saturated heterocycles. The van der Waals surface area contributed by atoms with E-state index in [0.717, 1.165) is 74.8 Å². The fraction of sp³-hybridized carbons (Fsp3) is 0.423. The van der Waals surface area contributed by atoms with Crippen LogP contribution >= 0.6 is 0 Å². The van der Waals surface area contributed by atoms with E-state index in [1.54, 1.807) is 12.3 Å². The fourth-order valence-corrected chi connectivity index (χ4v) is 4.93. The van der Waals surface area contributed by atoms with Crippen molar-refractivity contribution < 1.29 is 4.79 Å². The molecule has 2 aliphatic rings. The molecule has 1 fully saturated rings. The number of aromatic nitrogens is 4. The normalized spacial score (nSPS) is 18.2. The van der Waals surface area contributed by atoms with Crippen LogP contribution in [-0.2, 0) is 12.8 Å². The Morgan fingerprint density at radius 2 is 1.88 bits per heavy atom. The van der Waals surface area contributed by atoms with Gasteiger partial charge in [0, 0.05) is 67.9 Å². The molecule has 0 saturated carbocycles. The number of carbonyl (C=O) groups is 1. The Bertz CT molecular complexity index is 1100. The van der Waals surface area contributed by atoms with E-state index in [4.69, 9.17) is 9.97 Å². The molecule has 0 N–H and O–H groups in total. The molecule has 0 spiro atoms. The van der Waals surface area contributed by atoms with Gasteiger partial charge >= 0.3 is 0 Å². The largest absolute Gasteiger partial charge is 0.356 e. The quantitative estimate of drug-likeness (QED) is 0.601. The van der Waals surface area contributed by atoms with Crippen LogP contribution in [0.1, 0.15) is 58.4 Å². The second-order valence-electron chi connectivity index (χ2n) is 8.94. The number of nitrogens with zero attached hydrogens (tertiary/aromatic N) is 6. The van der Waals surface area contributed by atoms with Gasteiger partial charge in [-0.1, -0.05) is 12.1 Å². The summed E-state index contributed by atoms with van der Waals surface area (Å²) in [6.45, 7) is 5.40. The van der Waals surface area contributed by atoms with Gasteiger partial charge in [-0.2, -0.15) is 0 Å². The van der Waals surface area contributed by atoms with E-state index >= 15 is 0 Å². The van der Waals surface area contributed by atoms with E-state index in [9.17, 15) is 4.79 Å². The highest BCUT2D eigenvalue weighted by atomic mass is 16.2. The summed E-state index contributed by atoms with van der Waals surface area (Å²) in [6.07, 6.45) is 8.51. The second kappa shape index (κ2) is 9.65. The first-order valence-electron chi connectivity index (χ1n) is 11.9. The lowest BCUT2D eigenvalue weighted by Gasteiger charge is -2.34. The van der Waals surface area contributed by atoms with Crippen molar-refractivity contribution in [1.82, 2.24) is 24.8 Å². The minimum Gasteiger partial charge on any atom is -0.356 e. The van der Waals surface area contributed by atoms with Crippen molar-refractivity contribution in [2.45, 2.75) is 44.9 Å². The average molecular weight is 443 g/mol. The maximum Gasteiger partial charge on any atom is 0.272 e. The lowest BCUT2D eigenvalue weighted by molar-refractivity contribution is 0.0698. The highest BCUT2D eigenvalue weighted by Crippen LogP contribution is 2.32. The maximum absolute atomic E-state index is 13.0. The number of hydrogen-bond acceptors (Lipinski definition) is 6. The van der Waals surface area contributed by atoms with Crippen molar-refractivity contribution in [2.75, 3.05) is 31.1 Å². The maximum atomic E-state index is 13.0. The van der Waals surface area contributed by atoms with Gasteiger partial charge in [0.2, 0.25) is 0 Å². The van der Waals surface area contributed by atoms with Gasteiger partial charge < -0.3 is 9.80 Å². The summed E-state index contributed by atoms with van der Waals surface area (Å²) in [4.78, 5) is 36.0. The third-order valence-electron chi connectivity index (χ3n) is 6.69. The number of fused-ring (bicyclic) bond motifs is 1. The summed E-state index contributed by atoms with van der Waals surface area (Å²) in [5, 5.41) is 0. The molecule has 1 amide bonds. The van der Waals surface area contributed by atoms with Crippen molar-refractivity contribution in [2.24, 2.45) is 0 Å². The number of hydrogen-bond donors (Lipinski definition) is 0. The van der Waals surface area contributed by atoms with Gasteiger partial charge in [-0.05, 0) is 56.9 Å². The smallest absolute Gasteiger partial charge is 0.272 e. The lowest BCUT2D eigenvalue weighted by atomic mass is 9.95. The molecule has 5 heterocycles. The first kappa shape index (κ1) is 21.5. The molecule has 0 aliphatic carbocycles. The highest BCUT2D eigenvalue weighted by Gasteiger charge is 2.30. The molecule has 2 aliphatic heterocycles. The lowest BCUT2D eigenvalue weighted by Crippen LogP contribution is -2.40. The van der Waals surface area contributed by atoms with Gasteiger partial charge in [-0.3, -0.25) is 14.8 Å². The number of pyridine rings is 2. The SMILES string of the molecule is Cc1nc([C@@H]2CCCN(C(=O)c3ccccn3)C2)nc2c1CCCN2CCc1ccccn1. The van der Waals surface area contributed by atoms with Crippen molar-refractivity contribution in [3.8, 4) is 0 Å². The molecule has 33 heavy (non-hydrogen) atoms. The Balaban J connectivity index is 1.35. The molecule has 7 heteroatoms. The summed E-state index contributed by atoms with van der Waals surface area (Å²) in [7, 11) is 0. The first-order valence-corrected chi connectivity index (χ1v) is 11.9. The van der Waals surface area contributed by atoms with Gasteiger partial charge in [-0.15, -0.1) is 0 Å². The third kappa shape index (κ3) is 4.72. The molecule has 0 bridgehead atoms. The number of anilines is 1. The summed E-state index contributed by atoms with van der Waals surface area (Å²) in [5.41, 5.74) is 3.95. The van der Waals surface area contributed by atoms with Crippen LogP contribution < -0.4 is 4.90 Å². The predicted molar refractivity (Wildman–Crippen MR) is 127 cm³/mol. The van der Waals surface area contributed by atoms with E-state index in [0.29, 0.717) is 12.2 Å². The first-order chi connectivity index (χ1) is 16.2. The molecule has 5 rings (SSSR count). The number of aryl methyl sites for hydroxylation is 1. The van der Waals surface area contributed by atoms with Crippen LogP contribution in [0.3, 0.4) is 0 Å². The number of likely N-dealkylation sites (tertiary alicyclic amines) is 1. The zero-order valence-corrected chi connectivity index (χ0v) is 19.2. The summed E-state index contributed by atoms with van der Waals surface area (Å²) < 4.78 is 0. The number of carbonyl (C=O) groups excluding carboxylic acids is 1. The molecule has 7 nitrogen and oxygen atoms in total. The standard InChI is InChI=1S/C26H30N6O/c1-19-22-10-7-15-31(17-12-21-9-2-4-13-27-21)25(22)30-24(29-19)20-8-6-16-32(18-20)26(33)23-11-3-5-14-28-23/h2-5,9,11,13-14,20H,6-8,10,12,15-18H2,1H3/t20-/m1/s1. The highest BCUT2D eigenvalue weighted by molar-refractivity contribution is 5.92. The van der Waals surface area contributed by atoms with Crippen molar-refractivity contribution in [1.29, 1.82) is 0 Å². The second-order valence-corrected chi connectivity index (χ2v) is 8.94. The summed E-state index contributed by atoms with van der Waals surface area (Å²) in [5.74, 6) is 2.09. The van der Waals surface area contributed by atoms with Crippen LogP contribution in [0.25, 0.3) is 0 Å². The van der Waals surface area contributed by atoms with Crippen molar-refractivity contribution in [3.05, 3.63) is 77.3 Å². The minimum atomic E-state index is -0.00744. The zero-order chi connectivity index (χ0) is 22.6. The third-order valence-corrected chi connectivity index (χ3v) is 6.69. The minimum absolute atomic E-state index is 0.00744. The van der Waals surface area contributed by atoms with Crippen LogP contribution in [0.15, 0.2) is 48.8 Å². The molecule has 170 valence electrons. The van der Waals surface area contributed by atoms with E-state index < -0.39 is 0 Å². The van der Waals surface area contributed by atoms with Crippen LogP contribution in [-0.4, -0.2) is 56.9 Å². The topological polar surface area (TPSA) is 75.1 Å². The summed E-state index contributed by atoms with van der Waals surface area (Å²) in [6, 6.07) is 11.5. The van der Waals surface area contributed by atoms with Gasteiger partial charge in [0.05, 0.1) is 0 Å². The van der Waals surface area contributed by atoms with E-state index in [1.165, 1.54) is 5.56 Å². The Morgan fingerprint density at radius 1 is 1.03 bits per heavy atom. The molecular formula is C26H30N6O. The molecule has 1 atom stereocenters. The van der Waals surface area contributed by atoms with Crippen LogP contribution in [0.2, 0.25) is 0 Å². The van der Waals surface area contributed by atoms with Gasteiger partial charge in [0.1, 0.15) is 17.3 Å². The number of amides is 1. The Kier molecular flexibility index (Phi) is 6.28. The number of piperidine rings is 1. The monoisotopic (exact) mass is 442 g/mol. The van der Waals surface area contributed by atoms with Crippen LogP contribution in [0.5, 0.6) is 0 Å². The Morgan fingerprint density at radius 3 is 2.67 bits per heavy atom. The van der Waals surface area contributed by atoms with Gasteiger partial charge in [0.15, 0.2) is 0 Å².